The van der Waals surface area contributed by atoms with Gasteiger partial charge in [-0.25, -0.2) is 0 Å². The van der Waals surface area contributed by atoms with Gasteiger partial charge in [-0.15, -0.1) is 0 Å². The van der Waals surface area contributed by atoms with Crippen LogP contribution in [0.1, 0.15) is 25.3 Å². The molecule has 0 radical (unpaired) electrons. The molecule has 0 aliphatic carbocycles. The summed E-state index contributed by atoms with van der Waals surface area (Å²) in [5.74, 6) is 1.41. The number of hydrogen-bond donors (Lipinski definition) is 0. The Hall–Kier alpha value is -2.59. The minimum absolute atomic E-state index is 0.562. The van der Waals surface area contributed by atoms with E-state index in [0.29, 0.717) is 5.92 Å². The Balaban J connectivity index is 1.51. The highest BCUT2D eigenvalue weighted by atomic mass is 16.5. The van der Waals surface area contributed by atoms with Crippen LogP contribution in [0, 0.1) is 5.92 Å². The molecule has 146 valence electrons. The van der Waals surface area contributed by atoms with Crippen LogP contribution < -0.4 is 4.90 Å². The monoisotopic (exact) mass is 375 g/mol. The third kappa shape index (κ3) is 4.82. The molecule has 4 nitrogen and oxygen atoms in total. The summed E-state index contributed by atoms with van der Waals surface area (Å²) in [7, 11) is 0. The first-order valence-electron chi connectivity index (χ1n) is 10.3. The van der Waals surface area contributed by atoms with Gasteiger partial charge in [0, 0.05) is 31.3 Å². The number of rotatable bonds is 8. The zero-order valence-electron chi connectivity index (χ0n) is 16.6. The zero-order chi connectivity index (χ0) is 19.2. The summed E-state index contributed by atoms with van der Waals surface area (Å²) in [5.41, 5.74) is 3.26. The molecule has 4 heteroatoms. The Bertz CT molecular complexity index is 841. The minimum atomic E-state index is 0.562. The van der Waals surface area contributed by atoms with Crippen molar-refractivity contribution < 1.29 is 4.52 Å². The molecule has 1 fully saturated rings. The number of anilines is 1. The zero-order valence-corrected chi connectivity index (χ0v) is 16.6. The smallest absolute Gasteiger partial charge is 0.228 e. The van der Waals surface area contributed by atoms with Crippen LogP contribution in [0.15, 0.2) is 71.3 Å². The van der Waals surface area contributed by atoms with Crippen LogP contribution in [0.4, 0.5) is 5.88 Å². The van der Waals surface area contributed by atoms with Crippen molar-refractivity contribution in [1.29, 1.82) is 0 Å². The highest BCUT2D eigenvalue weighted by molar-refractivity contribution is 5.61. The Morgan fingerprint density at radius 3 is 2.39 bits per heavy atom. The fourth-order valence-electron chi connectivity index (χ4n) is 4.04. The molecular formula is C24H29N3O. The van der Waals surface area contributed by atoms with E-state index < -0.39 is 0 Å². The van der Waals surface area contributed by atoms with Crippen molar-refractivity contribution in [3.05, 3.63) is 72.3 Å². The predicted octanol–water partition coefficient (Wildman–Crippen LogP) is 5.08. The van der Waals surface area contributed by atoms with Crippen molar-refractivity contribution in [2.24, 2.45) is 5.92 Å². The Morgan fingerprint density at radius 1 is 1.00 bits per heavy atom. The van der Waals surface area contributed by atoms with E-state index >= 15 is 0 Å². The molecule has 1 aliphatic rings. The highest BCUT2D eigenvalue weighted by Crippen LogP contribution is 2.26. The molecule has 0 bridgehead atoms. The van der Waals surface area contributed by atoms with Gasteiger partial charge in [-0.1, -0.05) is 72.7 Å². The van der Waals surface area contributed by atoms with Gasteiger partial charge in [0.2, 0.25) is 5.88 Å². The number of hydrogen-bond acceptors (Lipinski definition) is 4. The Labute approximate surface area is 167 Å². The third-order valence-corrected chi connectivity index (χ3v) is 5.40. The molecule has 0 saturated carbocycles. The van der Waals surface area contributed by atoms with Gasteiger partial charge in [0.15, 0.2) is 0 Å². The Morgan fingerprint density at radius 2 is 1.68 bits per heavy atom. The first kappa shape index (κ1) is 18.8. The van der Waals surface area contributed by atoms with Crippen molar-refractivity contribution in [1.82, 2.24) is 10.1 Å². The van der Waals surface area contributed by atoms with E-state index in [1.807, 2.05) is 18.2 Å². The number of aromatic nitrogens is 1. The summed E-state index contributed by atoms with van der Waals surface area (Å²) in [4.78, 5) is 4.91. The first-order chi connectivity index (χ1) is 13.8. The lowest BCUT2D eigenvalue weighted by Crippen LogP contribution is -2.34. The second-order valence-corrected chi connectivity index (χ2v) is 7.90. The quantitative estimate of drug-likeness (QED) is 0.550. The second kappa shape index (κ2) is 9.07. The van der Waals surface area contributed by atoms with E-state index in [9.17, 15) is 0 Å². The van der Waals surface area contributed by atoms with E-state index in [-0.39, 0.29) is 0 Å². The van der Waals surface area contributed by atoms with E-state index in [1.165, 1.54) is 31.5 Å². The lowest BCUT2D eigenvalue weighted by atomic mass is 10.1. The van der Waals surface area contributed by atoms with Crippen molar-refractivity contribution in [2.45, 2.75) is 26.3 Å². The second-order valence-electron chi connectivity index (χ2n) is 7.90. The molecule has 1 atom stereocenters. The molecular weight excluding hydrogens is 346 g/mol. The van der Waals surface area contributed by atoms with Gasteiger partial charge in [0.05, 0.1) is 0 Å². The SMILES string of the molecule is CC(CN1CCCC1)CN(Cc1ccccc1)c1cc(-c2ccccc2)no1. The summed E-state index contributed by atoms with van der Waals surface area (Å²) < 4.78 is 5.79. The van der Waals surface area contributed by atoms with Gasteiger partial charge >= 0.3 is 0 Å². The maximum absolute atomic E-state index is 5.79. The molecule has 1 saturated heterocycles. The van der Waals surface area contributed by atoms with E-state index in [0.717, 1.165) is 36.8 Å². The lowest BCUT2D eigenvalue weighted by molar-refractivity contribution is 0.285. The van der Waals surface area contributed by atoms with Crippen LogP contribution in [0.5, 0.6) is 0 Å². The van der Waals surface area contributed by atoms with E-state index in [2.05, 4.69) is 70.4 Å². The fraction of sp³-hybridized carbons (Fsp3) is 0.375. The van der Waals surface area contributed by atoms with Gasteiger partial charge < -0.3 is 14.3 Å². The number of likely N-dealkylation sites (tertiary alicyclic amines) is 1. The average molecular weight is 376 g/mol. The maximum atomic E-state index is 5.79. The molecule has 0 amide bonds. The summed E-state index contributed by atoms with van der Waals surface area (Å²) in [6, 6.07) is 22.9. The molecule has 1 aliphatic heterocycles. The van der Waals surface area contributed by atoms with Crippen molar-refractivity contribution in [3.8, 4) is 11.3 Å². The lowest BCUT2D eigenvalue weighted by Gasteiger charge is -2.27. The van der Waals surface area contributed by atoms with Gasteiger partial charge in [-0.3, -0.25) is 0 Å². The molecule has 2 heterocycles. The van der Waals surface area contributed by atoms with Crippen LogP contribution in [0.25, 0.3) is 11.3 Å². The van der Waals surface area contributed by atoms with Crippen LogP contribution in [-0.4, -0.2) is 36.2 Å². The molecule has 2 aromatic carbocycles. The van der Waals surface area contributed by atoms with Gasteiger partial charge in [0.1, 0.15) is 5.69 Å². The largest absolute Gasteiger partial charge is 0.338 e. The van der Waals surface area contributed by atoms with Gasteiger partial charge in [-0.05, 0) is 37.4 Å². The van der Waals surface area contributed by atoms with Crippen LogP contribution in [-0.2, 0) is 6.54 Å². The fourth-order valence-corrected chi connectivity index (χ4v) is 4.04. The molecule has 1 unspecified atom stereocenters. The van der Waals surface area contributed by atoms with Crippen molar-refractivity contribution in [2.75, 3.05) is 31.1 Å². The normalized spacial score (nSPS) is 15.6. The standard InChI is InChI=1S/C24H29N3O/c1-20(17-26-14-8-9-15-26)18-27(19-21-10-4-2-5-11-21)24-16-23(25-28-24)22-12-6-3-7-13-22/h2-7,10-13,16,20H,8-9,14-15,17-19H2,1H3. The summed E-state index contributed by atoms with van der Waals surface area (Å²) >= 11 is 0. The predicted molar refractivity (Wildman–Crippen MR) is 114 cm³/mol. The molecule has 4 rings (SSSR count). The molecule has 0 N–H and O–H groups in total. The molecule has 1 aromatic heterocycles. The van der Waals surface area contributed by atoms with Crippen molar-refractivity contribution >= 4 is 5.88 Å². The molecule has 28 heavy (non-hydrogen) atoms. The number of nitrogens with zero attached hydrogens (tertiary/aromatic N) is 3. The minimum Gasteiger partial charge on any atom is -0.338 e. The molecule has 0 spiro atoms. The molecule has 3 aromatic rings. The topological polar surface area (TPSA) is 32.5 Å². The average Bonchev–Trinajstić information content (AvgIpc) is 3.41. The summed E-state index contributed by atoms with van der Waals surface area (Å²) in [6.07, 6.45) is 2.67. The van der Waals surface area contributed by atoms with E-state index in [4.69, 9.17) is 4.52 Å². The first-order valence-corrected chi connectivity index (χ1v) is 10.3. The van der Waals surface area contributed by atoms with Crippen LogP contribution in [0.2, 0.25) is 0 Å². The van der Waals surface area contributed by atoms with Gasteiger partial charge in [0.25, 0.3) is 0 Å². The summed E-state index contributed by atoms with van der Waals surface area (Å²) in [5, 5.41) is 4.33. The number of benzene rings is 2. The third-order valence-electron chi connectivity index (χ3n) is 5.40. The van der Waals surface area contributed by atoms with Crippen molar-refractivity contribution in [3.63, 3.8) is 0 Å². The Kier molecular flexibility index (Phi) is 6.07. The summed E-state index contributed by atoms with van der Waals surface area (Å²) in [6.45, 7) is 7.74. The maximum Gasteiger partial charge on any atom is 0.228 e. The van der Waals surface area contributed by atoms with E-state index in [1.54, 1.807) is 0 Å². The highest BCUT2D eigenvalue weighted by Gasteiger charge is 2.20. The van der Waals surface area contributed by atoms with Crippen LogP contribution >= 0.6 is 0 Å². The van der Waals surface area contributed by atoms with Crippen LogP contribution in [0.3, 0.4) is 0 Å². The van der Waals surface area contributed by atoms with Gasteiger partial charge in [-0.2, -0.15) is 0 Å².